The lowest BCUT2D eigenvalue weighted by Crippen LogP contribution is -2.44. The summed E-state index contributed by atoms with van der Waals surface area (Å²) in [5.74, 6) is 3.39. The second kappa shape index (κ2) is 10.1. The van der Waals surface area contributed by atoms with E-state index in [1.165, 1.54) is 30.3 Å². The summed E-state index contributed by atoms with van der Waals surface area (Å²) in [6.45, 7) is 0.942. The predicted octanol–water partition coefficient (Wildman–Crippen LogP) is 3.72. The minimum absolute atomic E-state index is 0.0147. The molecule has 3 rings (SSSR count). The molecule has 2 aromatic carbocycles. The minimum atomic E-state index is -4.84. The highest BCUT2D eigenvalue weighted by Gasteiger charge is 2.51. The number of nitrogens with one attached hydrogen (secondary N) is 1. The van der Waals surface area contributed by atoms with Crippen LogP contribution in [0.5, 0.6) is 11.5 Å². The average molecular weight is 542 g/mol. The van der Waals surface area contributed by atoms with Gasteiger partial charge in [0.05, 0.1) is 17.1 Å². The molecule has 1 aliphatic heterocycles. The number of amides is 1. The highest BCUT2D eigenvalue weighted by atomic mass is 32.2. The molecule has 0 aromatic heterocycles. The van der Waals surface area contributed by atoms with Crippen LogP contribution in [0.15, 0.2) is 47.4 Å². The van der Waals surface area contributed by atoms with Crippen LogP contribution in [0.4, 0.5) is 29.3 Å². The van der Waals surface area contributed by atoms with Crippen LogP contribution in [-0.4, -0.2) is 55.1 Å². The molecule has 10 nitrogen and oxygen atoms in total. The SMILES string of the molecule is CC(C)(OC(=O)Nc1ccc2c(c1)N(S(=O)(=O)c1cccc(O)c1)CC(C#CCC(=O)O)O2)C(F)(F)F. The first kappa shape index (κ1) is 27.5. The number of carbonyl (C=O) groups is 2. The smallest absolute Gasteiger partial charge is 0.427 e. The fraction of sp³-hybridized carbons (Fsp3) is 0.304. The van der Waals surface area contributed by atoms with Crippen molar-refractivity contribution in [3.8, 4) is 23.3 Å². The zero-order chi connectivity index (χ0) is 27.6. The van der Waals surface area contributed by atoms with Gasteiger partial charge in [-0.1, -0.05) is 17.9 Å². The number of carboxylic acid groups (broad SMARTS) is 1. The molecular weight excluding hydrogens is 521 g/mol. The molecule has 0 saturated heterocycles. The molecular formula is C23H21F3N2O8S. The Bertz CT molecular complexity index is 1380. The Kier molecular flexibility index (Phi) is 7.49. The molecule has 0 radical (unpaired) electrons. The van der Waals surface area contributed by atoms with Gasteiger partial charge in [0.25, 0.3) is 10.0 Å². The number of rotatable bonds is 5. The van der Waals surface area contributed by atoms with Crippen LogP contribution in [0, 0.1) is 11.8 Å². The Labute approximate surface area is 209 Å². The number of aromatic hydroxyl groups is 1. The summed E-state index contributed by atoms with van der Waals surface area (Å²) in [4.78, 5) is 22.6. The van der Waals surface area contributed by atoms with Gasteiger partial charge in [0.15, 0.2) is 6.10 Å². The number of alkyl halides is 3. The van der Waals surface area contributed by atoms with Gasteiger partial charge in [-0.05, 0) is 44.2 Å². The zero-order valence-corrected chi connectivity index (χ0v) is 20.2. The maximum atomic E-state index is 13.4. The number of carbonyl (C=O) groups excluding carboxylic acids is 1. The van der Waals surface area contributed by atoms with Crippen molar-refractivity contribution in [2.24, 2.45) is 0 Å². The number of phenols is 1. The molecule has 0 aliphatic carbocycles. The molecule has 0 bridgehead atoms. The van der Waals surface area contributed by atoms with Crippen LogP contribution in [0.3, 0.4) is 0 Å². The first-order valence-corrected chi connectivity index (χ1v) is 11.9. The van der Waals surface area contributed by atoms with E-state index in [2.05, 4.69) is 21.9 Å². The van der Waals surface area contributed by atoms with Gasteiger partial charge in [0.2, 0.25) is 5.60 Å². The van der Waals surface area contributed by atoms with E-state index < -0.39 is 52.9 Å². The van der Waals surface area contributed by atoms with Gasteiger partial charge in [-0.3, -0.25) is 14.4 Å². The molecule has 14 heteroatoms. The topological polar surface area (TPSA) is 142 Å². The van der Waals surface area contributed by atoms with E-state index in [1.807, 2.05) is 0 Å². The van der Waals surface area contributed by atoms with Gasteiger partial charge in [-0.15, -0.1) is 0 Å². The largest absolute Gasteiger partial charge is 0.508 e. The predicted molar refractivity (Wildman–Crippen MR) is 124 cm³/mol. The molecule has 0 fully saturated rings. The molecule has 3 N–H and O–H groups in total. The van der Waals surface area contributed by atoms with Crippen LogP contribution in [0.2, 0.25) is 0 Å². The third-order valence-electron chi connectivity index (χ3n) is 5.01. The number of halogens is 3. The summed E-state index contributed by atoms with van der Waals surface area (Å²) in [7, 11) is -4.35. The number of sulfonamides is 1. The number of nitrogens with zero attached hydrogens (tertiary/aromatic N) is 1. The molecule has 2 aromatic rings. The lowest BCUT2D eigenvalue weighted by molar-refractivity contribution is -0.242. The third-order valence-corrected chi connectivity index (χ3v) is 6.79. The summed E-state index contributed by atoms with van der Waals surface area (Å²) < 4.78 is 77.0. The quantitative estimate of drug-likeness (QED) is 0.486. The summed E-state index contributed by atoms with van der Waals surface area (Å²) in [6.07, 6.45) is -7.85. The molecule has 0 spiro atoms. The van der Waals surface area contributed by atoms with Gasteiger partial charge < -0.3 is 19.7 Å². The van der Waals surface area contributed by atoms with Crippen molar-refractivity contribution in [3.63, 3.8) is 0 Å². The number of ether oxygens (including phenoxy) is 2. The lowest BCUT2D eigenvalue weighted by Gasteiger charge is -2.34. The fourth-order valence-corrected chi connectivity index (χ4v) is 4.58. The van der Waals surface area contributed by atoms with Crippen molar-refractivity contribution >= 4 is 33.5 Å². The first-order chi connectivity index (χ1) is 17.1. The zero-order valence-electron chi connectivity index (χ0n) is 19.4. The normalized spacial score (nSPS) is 15.5. The van der Waals surface area contributed by atoms with Crippen LogP contribution in [0.25, 0.3) is 0 Å². The molecule has 1 heterocycles. The number of hydrogen-bond acceptors (Lipinski definition) is 7. The summed E-state index contributed by atoms with van der Waals surface area (Å²) in [5.41, 5.74) is -2.98. The highest BCUT2D eigenvalue weighted by Crippen LogP contribution is 2.39. The van der Waals surface area contributed by atoms with Gasteiger partial charge in [0.1, 0.15) is 17.9 Å². The lowest BCUT2D eigenvalue weighted by atomic mass is 10.1. The van der Waals surface area contributed by atoms with Crippen molar-refractivity contribution in [2.45, 2.75) is 43.0 Å². The van der Waals surface area contributed by atoms with E-state index in [4.69, 9.17) is 9.84 Å². The molecule has 1 amide bonds. The molecule has 1 unspecified atom stereocenters. The van der Waals surface area contributed by atoms with Crippen LogP contribution < -0.4 is 14.4 Å². The Morgan fingerprint density at radius 2 is 1.92 bits per heavy atom. The highest BCUT2D eigenvalue weighted by molar-refractivity contribution is 7.92. The van der Waals surface area contributed by atoms with E-state index in [9.17, 15) is 36.3 Å². The van der Waals surface area contributed by atoms with Crippen molar-refractivity contribution in [1.82, 2.24) is 0 Å². The first-order valence-electron chi connectivity index (χ1n) is 10.5. The summed E-state index contributed by atoms with van der Waals surface area (Å²) in [6, 6.07) is 8.47. The van der Waals surface area contributed by atoms with Crippen LogP contribution in [0.1, 0.15) is 20.3 Å². The molecule has 37 heavy (non-hydrogen) atoms. The van der Waals surface area contributed by atoms with E-state index in [0.29, 0.717) is 13.8 Å². The minimum Gasteiger partial charge on any atom is -0.508 e. The number of carboxylic acids is 1. The monoisotopic (exact) mass is 542 g/mol. The van der Waals surface area contributed by atoms with E-state index in [0.717, 1.165) is 16.4 Å². The number of aliphatic carboxylic acids is 1. The van der Waals surface area contributed by atoms with Crippen LogP contribution in [-0.2, 0) is 19.6 Å². The van der Waals surface area contributed by atoms with Crippen molar-refractivity contribution < 1.29 is 50.9 Å². The maximum Gasteiger partial charge on any atom is 0.427 e. The Morgan fingerprint density at radius 1 is 1.22 bits per heavy atom. The third kappa shape index (κ3) is 6.36. The van der Waals surface area contributed by atoms with Crippen molar-refractivity contribution in [1.29, 1.82) is 0 Å². The molecule has 1 atom stereocenters. The maximum absolute atomic E-state index is 13.4. The van der Waals surface area contributed by atoms with Gasteiger partial charge in [-0.25, -0.2) is 13.2 Å². The Morgan fingerprint density at radius 3 is 2.54 bits per heavy atom. The summed E-state index contributed by atoms with van der Waals surface area (Å²) in [5, 5.41) is 20.7. The number of hydrogen-bond donors (Lipinski definition) is 3. The van der Waals surface area contributed by atoms with Crippen LogP contribution >= 0.6 is 0 Å². The number of benzene rings is 2. The van der Waals surface area contributed by atoms with Gasteiger partial charge in [-0.2, -0.15) is 13.2 Å². The summed E-state index contributed by atoms with van der Waals surface area (Å²) >= 11 is 0. The molecule has 0 saturated carbocycles. The molecule has 1 aliphatic rings. The number of phenolic OH excluding ortho intramolecular Hbond substituents is 1. The van der Waals surface area contributed by atoms with Gasteiger partial charge >= 0.3 is 18.2 Å². The van der Waals surface area contributed by atoms with Crippen molar-refractivity contribution in [3.05, 3.63) is 42.5 Å². The second-order valence-electron chi connectivity index (χ2n) is 8.24. The molecule has 198 valence electrons. The number of anilines is 2. The standard InChI is InChI=1S/C23H21F3N2O8S/c1-22(2,23(24,25)26)36-21(32)27-14-9-10-19-18(11-14)28(13-16(35-19)6-4-8-20(30)31)37(33,34)17-7-3-5-15(29)12-17/h3,5,7,9-12,16,29H,8,13H2,1-2H3,(H,27,32)(H,30,31). The van der Waals surface area contributed by atoms with Crippen molar-refractivity contribution in [2.75, 3.05) is 16.2 Å². The second-order valence-corrected chi connectivity index (χ2v) is 10.1. The average Bonchev–Trinajstić information content (AvgIpc) is 2.77. The fourth-order valence-electron chi connectivity index (χ4n) is 3.08. The Hall–Kier alpha value is -4.12. The van der Waals surface area contributed by atoms with E-state index >= 15 is 0 Å². The van der Waals surface area contributed by atoms with E-state index in [-0.39, 0.29) is 27.8 Å². The van der Waals surface area contributed by atoms with E-state index in [1.54, 1.807) is 0 Å². The Balaban J connectivity index is 1.98. The number of fused-ring (bicyclic) bond motifs is 1. The van der Waals surface area contributed by atoms with Gasteiger partial charge in [0, 0.05) is 11.8 Å².